The fourth-order valence-electron chi connectivity index (χ4n) is 2.86. The highest BCUT2D eigenvalue weighted by Gasteiger charge is 2.23. The van der Waals surface area contributed by atoms with Crippen molar-refractivity contribution in [3.63, 3.8) is 0 Å². The number of nitrogens with zero attached hydrogens (tertiary/aromatic N) is 3. The number of aromatic nitrogens is 1. The van der Waals surface area contributed by atoms with Gasteiger partial charge in [-0.2, -0.15) is 0 Å². The lowest BCUT2D eigenvalue weighted by atomic mass is 10.0. The molecule has 2 heterocycles. The summed E-state index contributed by atoms with van der Waals surface area (Å²) < 4.78 is 0. The Labute approximate surface area is 121 Å². The number of hydrogen-bond acceptors (Lipinski definition) is 3. The lowest BCUT2D eigenvalue weighted by Gasteiger charge is -2.36. The fourth-order valence-corrected chi connectivity index (χ4v) is 3.19. The quantitative estimate of drug-likeness (QED) is 0.794. The van der Waals surface area contributed by atoms with Crippen LogP contribution in [-0.4, -0.2) is 43.1 Å². The molecule has 106 valence electrons. The first-order chi connectivity index (χ1) is 9.02. The normalized spacial score (nSPS) is 17.7. The van der Waals surface area contributed by atoms with Gasteiger partial charge in [0.05, 0.1) is 5.88 Å². The molecule has 2 rings (SSSR count). The Balaban J connectivity index is 2.25. The number of rotatable bonds is 3. The molecule has 0 radical (unpaired) electrons. The van der Waals surface area contributed by atoms with Crippen LogP contribution in [-0.2, 0) is 5.88 Å². The van der Waals surface area contributed by atoms with E-state index in [2.05, 4.69) is 43.8 Å². The third kappa shape index (κ3) is 3.21. The number of piperidine rings is 1. The molecule has 0 spiro atoms. The third-order valence-electron chi connectivity index (χ3n) is 4.16. The van der Waals surface area contributed by atoms with E-state index >= 15 is 0 Å². The predicted octanol–water partition coefficient (Wildman–Crippen LogP) is 2.97. The molecule has 1 fully saturated rings. The molecular weight excluding hydrogens is 258 g/mol. The standard InChI is InChI=1S/C15H24ClN3/c1-11-9-12(2)17-15(14(11)10-16)19(4)13-5-7-18(3)8-6-13/h9,13H,5-8,10H2,1-4H3. The van der Waals surface area contributed by atoms with E-state index in [1.54, 1.807) is 0 Å². The summed E-state index contributed by atoms with van der Waals surface area (Å²) in [5, 5.41) is 0. The number of halogens is 1. The van der Waals surface area contributed by atoms with Crippen molar-refractivity contribution < 1.29 is 0 Å². The summed E-state index contributed by atoms with van der Waals surface area (Å²) in [6.45, 7) is 6.50. The molecule has 19 heavy (non-hydrogen) atoms. The molecule has 1 aromatic rings. The lowest BCUT2D eigenvalue weighted by Crippen LogP contribution is -2.42. The van der Waals surface area contributed by atoms with Crippen molar-refractivity contribution in [1.82, 2.24) is 9.88 Å². The molecule has 4 heteroatoms. The second kappa shape index (κ2) is 6.10. The van der Waals surface area contributed by atoms with Gasteiger partial charge < -0.3 is 9.80 Å². The van der Waals surface area contributed by atoms with E-state index in [9.17, 15) is 0 Å². The number of hydrogen-bond donors (Lipinski definition) is 0. The highest BCUT2D eigenvalue weighted by atomic mass is 35.5. The summed E-state index contributed by atoms with van der Waals surface area (Å²) in [4.78, 5) is 9.46. The molecule has 0 atom stereocenters. The molecule has 0 aromatic carbocycles. The number of likely N-dealkylation sites (tertiary alicyclic amines) is 1. The van der Waals surface area contributed by atoms with Crippen LogP contribution in [0.1, 0.15) is 29.7 Å². The van der Waals surface area contributed by atoms with Crippen molar-refractivity contribution >= 4 is 17.4 Å². The minimum Gasteiger partial charge on any atom is -0.356 e. The average Bonchev–Trinajstić information content (AvgIpc) is 2.38. The van der Waals surface area contributed by atoms with Crippen molar-refractivity contribution in [3.05, 3.63) is 22.9 Å². The molecule has 0 aliphatic carbocycles. The number of pyridine rings is 1. The summed E-state index contributed by atoms with van der Waals surface area (Å²) in [7, 11) is 4.35. The van der Waals surface area contributed by atoms with Crippen LogP contribution in [0.5, 0.6) is 0 Å². The van der Waals surface area contributed by atoms with Crippen molar-refractivity contribution in [3.8, 4) is 0 Å². The zero-order valence-corrected chi connectivity index (χ0v) is 13.2. The summed E-state index contributed by atoms with van der Waals surface area (Å²) >= 11 is 6.12. The minimum atomic E-state index is 0.533. The summed E-state index contributed by atoms with van der Waals surface area (Å²) in [6, 6.07) is 2.69. The Hall–Kier alpha value is -0.800. The molecule has 0 amide bonds. The van der Waals surface area contributed by atoms with Gasteiger partial charge in [-0.15, -0.1) is 11.6 Å². The zero-order valence-electron chi connectivity index (χ0n) is 12.4. The third-order valence-corrected chi connectivity index (χ3v) is 4.42. The van der Waals surface area contributed by atoms with Crippen molar-refractivity contribution in [2.75, 3.05) is 32.1 Å². The first kappa shape index (κ1) is 14.6. The van der Waals surface area contributed by atoms with E-state index in [1.807, 2.05) is 0 Å². The molecule has 0 unspecified atom stereocenters. The molecule has 1 aliphatic rings. The largest absolute Gasteiger partial charge is 0.356 e. The van der Waals surface area contributed by atoms with Crippen LogP contribution < -0.4 is 4.90 Å². The number of aryl methyl sites for hydroxylation is 2. The molecular formula is C15H24ClN3. The van der Waals surface area contributed by atoms with Crippen LogP contribution in [0.25, 0.3) is 0 Å². The van der Waals surface area contributed by atoms with Crippen LogP contribution in [0.15, 0.2) is 6.07 Å². The highest BCUT2D eigenvalue weighted by Crippen LogP contribution is 2.27. The molecule has 0 bridgehead atoms. The van der Waals surface area contributed by atoms with Crippen LogP contribution in [0.4, 0.5) is 5.82 Å². The maximum atomic E-state index is 6.12. The van der Waals surface area contributed by atoms with Crippen molar-refractivity contribution in [1.29, 1.82) is 0 Å². The van der Waals surface area contributed by atoms with Gasteiger partial charge in [-0.05, 0) is 58.5 Å². The highest BCUT2D eigenvalue weighted by molar-refractivity contribution is 6.17. The molecule has 0 N–H and O–H groups in total. The average molecular weight is 282 g/mol. The smallest absolute Gasteiger partial charge is 0.133 e. The van der Waals surface area contributed by atoms with E-state index in [1.165, 1.54) is 24.0 Å². The van der Waals surface area contributed by atoms with E-state index in [4.69, 9.17) is 16.6 Å². The first-order valence-electron chi connectivity index (χ1n) is 6.97. The Morgan fingerprint density at radius 2 is 2.00 bits per heavy atom. The fraction of sp³-hybridized carbons (Fsp3) is 0.667. The topological polar surface area (TPSA) is 19.4 Å². The van der Waals surface area contributed by atoms with Crippen LogP contribution in [0, 0.1) is 13.8 Å². The maximum absolute atomic E-state index is 6.12. The van der Waals surface area contributed by atoms with Crippen LogP contribution in [0.2, 0.25) is 0 Å². The van der Waals surface area contributed by atoms with Gasteiger partial charge in [0.1, 0.15) is 5.82 Å². The predicted molar refractivity (Wildman–Crippen MR) is 82.2 cm³/mol. The Bertz CT molecular complexity index is 439. The van der Waals surface area contributed by atoms with Gasteiger partial charge in [0.15, 0.2) is 0 Å². The van der Waals surface area contributed by atoms with Crippen molar-refractivity contribution in [2.24, 2.45) is 0 Å². The number of alkyl halides is 1. The minimum absolute atomic E-state index is 0.533. The summed E-state index contributed by atoms with van der Waals surface area (Å²) in [5.41, 5.74) is 3.49. The Kier molecular flexibility index (Phi) is 4.69. The van der Waals surface area contributed by atoms with Gasteiger partial charge in [0, 0.05) is 24.3 Å². The van der Waals surface area contributed by atoms with Gasteiger partial charge in [0.2, 0.25) is 0 Å². The van der Waals surface area contributed by atoms with E-state index in [-0.39, 0.29) is 0 Å². The van der Waals surface area contributed by atoms with Gasteiger partial charge >= 0.3 is 0 Å². The monoisotopic (exact) mass is 281 g/mol. The second-order valence-electron chi connectivity index (χ2n) is 5.66. The van der Waals surface area contributed by atoms with Gasteiger partial charge in [0.25, 0.3) is 0 Å². The van der Waals surface area contributed by atoms with E-state index < -0.39 is 0 Å². The second-order valence-corrected chi connectivity index (χ2v) is 5.93. The number of anilines is 1. The molecule has 1 aliphatic heterocycles. The molecule has 1 saturated heterocycles. The molecule has 3 nitrogen and oxygen atoms in total. The van der Waals surface area contributed by atoms with Gasteiger partial charge in [-0.1, -0.05) is 0 Å². The van der Waals surface area contributed by atoms with E-state index in [0.29, 0.717) is 11.9 Å². The molecule has 0 saturated carbocycles. The first-order valence-corrected chi connectivity index (χ1v) is 7.51. The zero-order chi connectivity index (χ0) is 14.0. The lowest BCUT2D eigenvalue weighted by molar-refractivity contribution is 0.252. The molecule has 1 aromatic heterocycles. The Morgan fingerprint density at radius 1 is 1.37 bits per heavy atom. The van der Waals surface area contributed by atoms with Crippen LogP contribution in [0.3, 0.4) is 0 Å². The van der Waals surface area contributed by atoms with Gasteiger partial charge in [-0.25, -0.2) is 4.98 Å². The summed E-state index contributed by atoms with van der Waals surface area (Å²) in [6.07, 6.45) is 2.40. The SMILES string of the molecule is Cc1cc(C)c(CCl)c(N(C)C2CCN(C)CC2)n1. The Morgan fingerprint density at radius 3 is 2.58 bits per heavy atom. The van der Waals surface area contributed by atoms with E-state index in [0.717, 1.165) is 24.6 Å². The van der Waals surface area contributed by atoms with Gasteiger partial charge in [-0.3, -0.25) is 0 Å². The van der Waals surface area contributed by atoms with Crippen LogP contribution >= 0.6 is 11.6 Å². The summed E-state index contributed by atoms with van der Waals surface area (Å²) in [5.74, 6) is 1.60. The van der Waals surface area contributed by atoms with Crippen molar-refractivity contribution in [2.45, 2.75) is 38.6 Å². The maximum Gasteiger partial charge on any atom is 0.133 e.